The van der Waals surface area contributed by atoms with E-state index >= 15 is 0 Å². The highest BCUT2D eigenvalue weighted by atomic mass is 35.5. The van der Waals surface area contributed by atoms with E-state index in [1.54, 1.807) is 6.07 Å². The van der Waals surface area contributed by atoms with Gasteiger partial charge in [-0.25, -0.2) is 4.98 Å². The first-order valence-corrected chi connectivity index (χ1v) is 9.52. The number of imidazole rings is 1. The molecule has 2 aromatic heterocycles. The van der Waals surface area contributed by atoms with Crippen molar-refractivity contribution in [1.29, 1.82) is 0 Å². The fourth-order valence-corrected chi connectivity index (χ4v) is 3.36. The molecule has 1 aromatic carbocycles. The standard InChI is InChI=1S/C18H20ClN5.C2H6/c1-11-5-12(2)7-13(6-11)8-20-14-9-24(10-14)18-21-15-3-4-16(19)22-17(15)23-18;1-2/h3-7,14,20H,8-10H2,1-2H3,(H,21,22,23);1-2H3. The lowest BCUT2D eigenvalue weighted by Gasteiger charge is -2.39. The zero-order valence-corrected chi connectivity index (χ0v) is 16.6. The Morgan fingerprint density at radius 1 is 1.12 bits per heavy atom. The molecule has 1 fully saturated rings. The van der Waals surface area contributed by atoms with Crippen molar-refractivity contribution >= 4 is 28.7 Å². The van der Waals surface area contributed by atoms with Crippen molar-refractivity contribution in [2.45, 2.75) is 40.3 Å². The highest BCUT2D eigenvalue weighted by molar-refractivity contribution is 6.29. The molecule has 0 aliphatic carbocycles. The Morgan fingerprint density at radius 3 is 2.50 bits per heavy atom. The van der Waals surface area contributed by atoms with Gasteiger partial charge in [0, 0.05) is 25.7 Å². The van der Waals surface area contributed by atoms with Crippen molar-refractivity contribution < 1.29 is 0 Å². The molecule has 0 bridgehead atoms. The molecule has 0 amide bonds. The van der Waals surface area contributed by atoms with Crippen LogP contribution in [0.15, 0.2) is 30.3 Å². The maximum absolute atomic E-state index is 5.91. The van der Waals surface area contributed by atoms with Gasteiger partial charge in [-0.05, 0) is 31.5 Å². The van der Waals surface area contributed by atoms with Crippen molar-refractivity contribution in [2.75, 3.05) is 18.0 Å². The average Bonchev–Trinajstić information content (AvgIpc) is 2.97. The molecule has 5 nitrogen and oxygen atoms in total. The number of pyridine rings is 1. The SMILES string of the molecule is CC.Cc1cc(C)cc(CNC2CN(c3nc4nc(Cl)ccc4[nH]3)C2)c1. The Kier molecular flexibility index (Phi) is 5.79. The summed E-state index contributed by atoms with van der Waals surface area (Å²) in [6, 6.07) is 10.9. The number of halogens is 1. The molecule has 1 saturated heterocycles. The van der Waals surface area contributed by atoms with Crippen LogP contribution in [-0.4, -0.2) is 34.1 Å². The van der Waals surface area contributed by atoms with Crippen LogP contribution in [0.3, 0.4) is 0 Å². The van der Waals surface area contributed by atoms with Crippen LogP contribution in [0, 0.1) is 13.8 Å². The number of fused-ring (bicyclic) bond motifs is 1. The van der Waals surface area contributed by atoms with E-state index < -0.39 is 0 Å². The van der Waals surface area contributed by atoms with Crippen molar-refractivity contribution in [3.05, 3.63) is 52.2 Å². The summed E-state index contributed by atoms with van der Waals surface area (Å²) in [5.74, 6) is 0.865. The summed E-state index contributed by atoms with van der Waals surface area (Å²) < 4.78 is 0. The minimum Gasteiger partial charge on any atom is -0.339 e. The van der Waals surface area contributed by atoms with E-state index in [2.05, 4.69) is 57.2 Å². The van der Waals surface area contributed by atoms with E-state index in [1.807, 2.05) is 19.9 Å². The third-order valence-corrected chi connectivity index (χ3v) is 4.57. The fourth-order valence-electron chi connectivity index (χ4n) is 3.22. The highest BCUT2D eigenvalue weighted by Crippen LogP contribution is 2.22. The predicted octanol–water partition coefficient (Wildman–Crippen LogP) is 4.23. The van der Waals surface area contributed by atoms with Crippen LogP contribution in [0.25, 0.3) is 11.2 Å². The number of benzene rings is 1. The molecule has 2 N–H and O–H groups in total. The van der Waals surface area contributed by atoms with Crippen LogP contribution >= 0.6 is 11.6 Å². The number of nitrogens with zero attached hydrogens (tertiary/aromatic N) is 3. The first kappa shape index (κ1) is 18.7. The van der Waals surface area contributed by atoms with Crippen LogP contribution in [0.1, 0.15) is 30.5 Å². The number of anilines is 1. The number of rotatable bonds is 4. The molecule has 0 spiro atoms. The number of aryl methyl sites for hydroxylation is 2. The van der Waals surface area contributed by atoms with Crippen LogP contribution in [0.2, 0.25) is 5.15 Å². The Labute approximate surface area is 159 Å². The second-order valence-electron chi connectivity index (χ2n) is 6.54. The van der Waals surface area contributed by atoms with E-state index in [0.717, 1.165) is 31.1 Å². The third-order valence-electron chi connectivity index (χ3n) is 4.36. The summed E-state index contributed by atoms with van der Waals surface area (Å²) in [5.41, 5.74) is 5.56. The second-order valence-corrected chi connectivity index (χ2v) is 6.93. The van der Waals surface area contributed by atoms with E-state index in [0.29, 0.717) is 16.8 Å². The fraction of sp³-hybridized carbons (Fsp3) is 0.400. The average molecular weight is 372 g/mol. The van der Waals surface area contributed by atoms with Crippen LogP contribution in [-0.2, 0) is 6.54 Å². The molecule has 0 saturated carbocycles. The van der Waals surface area contributed by atoms with Crippen molar-refractivity contribution in [2.24, 2.45) is 0 Å². The van der Waals surface area contributed by atoms with E-state index in [1.165, 1.54) is 16.7 Å². The molecule has 4 rings (SSSR count). The first-order chi connectivity index (χ1) is 12.6. The Balaban J connectivity index is 0.000000948. The van der Waals surface area contributed by atoms with Crippen molar-refractivity contribution in [1.82, 2.24) is 20.3 Å². The molecule has 3 aromatic rings. The smallest absolute Gasteiger partial charge is 0.205 e. The zero-order valence-electron chi connectivity index (χ0n) is 15.8. The molecule has 1 aliphatic rings. The molecule has 0 atom stereocenters. The van der Waals surface area contributed by atoms with E-state index in [4.69, 9.17) is 11.6 Å². The quantitative estimate of drug-likeness (QED) is 0.674. The van der Waals surface area contributed by atoms with Gasteiger partial charge in [0.2, 0.25) is 5.95 Å². The maximum Gasteiger partial charge on any atom is 0.205 e. The molecule has 0 unspecified atom stereocenters. The number of hydrogen-bond acceptors (Lipinski definition) is 4. The first-order valence-electron chi connectivity index (χ1n) is 9.14. The third kappa shape index (κ3) is 4.17. The van der Waals surface area contributed by atoms with E-state index in [9.17, 15) is 0 Å². The Hall–Kier alpha value is -2.11. The summed E-state index contributed by atoms with van der Waals surface area (Å²) in [6.45, 7) is 11.1. The lowest BCUT2D eigenvalue weighted by atomic mass is 10.1. The zero-order chi connectivity index (χ0) is 18.7. The molecule has 6 heteroatoms. The summed E-state index contributed by atoms with van der Waals surface area (Å²) in [6.07, 6.45) is 0. The summed E-state index contributed by atoms with van der Waals surface area (Å²) in [5, 5.41) is 4.08. The molecular formula is C20H26ClN5. The van der Waals surface area contributed by atoms with Gasteiger partial charge >= 0.3 is 0 Å². The van der Waals surface area contributed by atoms with Crippen molar-refractivity contribution in [3.8, 4) is 0 Å². The van der Waals surface area contributed by atoms with Gasteiger partial charge in [-0.15, -0.1) is 0 Å². The van der Waals surface area contributed by atoms with Gasteiger partial charge in [0.1, 0.15) is 5.15 Å². The highest BCUT2D eigenvalue weighted by Gasteiger charge is 2.28. The largest absolute Gasteiger partial charge is 0.339 e. The monoisotopic (exact) mass is 371 g/mol. The van der Waals surface area contributed by atoms with Gasteiger partial charge in [-0.1, -0.05) is 54.8 Å². The number of nitrogens with one attached hydrogen (secondary N) is 2. The summed E-state index contributed by atoms with van der Waals surface area (Å²) in [4.78, 5) is 14.3. The van der Waals surface area contributed by atoms with Crippen molar-refractivity contribution in [3.63, 3.8) is 0 Å². The topological polar surface area (TPSA) is 56.8 Å². The van der Waals surface area contributed by atoms with Gasteiger partial charge in [0.25, 0.3) is 0 Å². The normalized spacial score (nSPS) is 14.1. The van der Waals surface area contributed by atoms with Gasteiger partial charge in [0.05, 0.1) is 5.52 Å². The molecule has 1 aliphatic heterocycles. The number of aromatic nitrogens is 3. The van der Waals surface area contributed by atoms with Gasteiger partial charge in [-0.2, -0.15) is 4.98 Å². The van der Waals surface area contributed by atoms with E-state index in [-0.39, 0.29) is 0 Å². The summed E-state index contributed by atoms with van der Waals surface area (Å²) in [7, 11) is 0. The van der Waals surface area contributed by atoms with Crippen LogP contribution < -0.4 is 10.2 Å². The molecular weight excluding hydrogens is 346 g/mol. The molecule has 0 radical (unpaired) electrons. The second kappa shape index (κ2) is 8.06. The molecule has 3 heterocycles. The lowest BCUT2D eigenvalue weighted by molar-refractivity contribution is 0.414. The van der Waals surface area contributed by atoms with Crippen LogP contribution in [0.4, 0.5) is 5.95 Å². The number of hydrogen-bond donors (Lipinski definition) is 2. The maximum atomic E-state index is 5.91. The molecule has 26 heavy (non-hydrogen) atoms. The number of aromatic amines is 1. The van der Waals surface area contributed by atoms with Gasteiger partial charge < -0.3 is 15.2 Å². The Morgan fingerprint density at radius 2 is 1.81 bits per heavy atom. The van der Waals surface area contributed by atoms with Crippen LogP contribution in [0.5, 0.6) is 0 Å². The van der Waals surface area contributed by atoms with Gasteiger partial charge in [-0.3, -0.25) is 0 Å². The Bertz CT molecular complexity index is 863. The number of H-pyrrole nitrogens is 1. The minimum absolute atomic E-state index is 0.470. The lowest BCUT2D eigenvalue weighted by Crippen LogP contribution is -2.58. The predicted molar refractivity (Wildman–Crippen MR) is 109 cm³/mol. The summed E-state index contributed by atoms with van der Waals surface area (Å²) >= 11 is 5.91. The van der Waals surface area contributed by atoms with Gasteiger partial charge in [0.15, 0.2) is 5.65 Å². The molecule has 138 valence electrons. The minimum atomic E-state index is 0.470.